The van der Waals surface area contributed by atoms with E-state index in [9.17, 15) is 0 Å². The molecule has 1 aliphatic carbocycles. The molecular formula is C23H31N3O2. The Balaban J connectivity index is 1.63. The second-order valence-electron chi connectivity index (χ2n) is 7.11. The SMILES string of the molecule is CCNC(=NCc1ccccc1OCC1CC1)NCc1ccccc1COC. The van der Waals surface area contributed by atoms with Crippen LogP contribution in [0.5, 0.6) is 5.75 Å². The molecule has 5 heteroatoms. The number of methoxy groups -OCH3 is 1. The third-order valence-electron chi connectivity index (χ3n) is 4.76. The number of benzene rings is 2. The fourth-order valence-corrected chi connectivity index (χ4v) is 2.98. The standard InChI is InChI=1S/C23H31N3O2/c1-3-24-23(25-14-19-8-4-5-10-21(19)17-27-2)26-15-20-9-6-7-11-22(20)28-16-18-12-13-18/h4-11,18H,3,12-17H2,1-2H3,(H2,24,25,26). The van der Waals surface area contributed by atoms with E-state index in [1.54, 1.807) is 7.11 Å². The number of rotatable bonds is 10. The fourth-order valence-electron chi connectivity index (χ4n) is 2.98. The minimum Gasteiger partial charge on any atom is -0.493 e. The van der Waals surface area contributed by atoms with Crippen LogP contribution in [0.4, 0.5) is 0 Å². The number of nitrogens with one attached hydrogen (secondary N) is 2. The van der Waals surface area contributed by atoms with Gasteiger partial charge in [-0.05, 0) is 42.9 Å². The molecule has 0 saturated heterocycles. The number of aliphatic imine (C=N–C) groups is 1. The summed E-state index contributed by atoms with van der Waals surface area (Å²) in [7, 11) is 1.72. The van der Waals surface area contributed by atoms with Gasteiger partial charge in [0, 0.05) is 25.8 Å². The molecule has 2 N–H and O–H groups in total. The molecule has 0 atom stereocenters. The summed E-state index contributed by atoms with van der Waals surface area (Å²) in [6.45, 7) is 5.59. The summed E-state index contributed by atoms with van der Waals surface area (Å²) in [5.74, 6) is 2.48. The Morgan fingerprint density at radius 3 is 2.43 bits per heavy atom. The van der Waals surface area contributed by atoms with Gasteiger partial charge >= 0.3 is 0 Å². The van der Waals surface area contributed by atoms with Crippen LogP contribution in [0, 0.1) is 5.92 Å². The van der Waals surface area contributed by atoms with Gasteiger partial charge in [-0.25, -0.2) is 4.99 Å². The van der Waals surface area contributed by atoms with Gasteiger partial charge in [0.2, 0.25) is 0 Å². The molecule has 5 nitrogen and oxygen atoms in total. The number of guanidine groups is 1. The van der Waals surface area contributed by atoms with Gasteiger partial charge < -0.3 is 20.1 Å². The lowest BCUT2D eigenvalue weighted by atomic mass is 10.1. The zero-order valence-corrected chi connectivity index (χ0v) is 16.9. The molecule has 1 fully saturated rings. The molecule has 28 heavy (non-hydrogen) atoms. The summed E-state index contributed by atoms with van der Waals surface area (Å²) in [6.07, 6.45) is 2.58. The summed E-state index contributed by atoms with van der Waals surface area (Å²) in [5, 5.41) is 6.75. The predicted molar refractivity (Wildman–Crippen MR) is 113 cm³/mol. The Morgan fingerprint density at radius 1 is 1.00 bits per heavy atom. The van der Waals surface area contributed by atoms with Crippen molar-refractivity contribution in [3.63, 3.8) is 0 Å². The number of hydrogen-bond acceptors (Lipinski definition) is 3. The van der Waals surface area contributed by atoms with Crippen LogP contribution in [-0.4, -0.2) is 26.2 Å². The van der Waals surface area contributed by atoms with Crippen molar-refractivity contribution < 1.29 is 9.47 Å². The van der Waals surface area contributed by atoms with Crippen molar-refractivity contribution >= 4 is 5.96 Å². The van der Waals surface area contributed by atoms with Crippen molar-refractivity contribution in [1.29, 1.82) is 0 Å². The first-order valence-corrected chi connectivity index (χ1v) is 10.1. The maximum Gasteiger partial charge on any atom is 0.191 e. The predicted octanol–water partition coefficient (Wildman–Crippen LogP) is 3.88. The first-order chi connectivity index (χ1) is 13.8. The van der Waals surface area contributed by atoms with E-state index in [1.165, 1.54) is 24.0 Å². The average molecular weight is 382 g/mol. The number of ether oxygens (including phenoxy) is 2. The summed E-state index contributed by atoms with van der Waals surface area (Å²) < 4.78 is 11.3. The first-order valence-electron chi connectivity index (χ1n) is 10.1. The first kappa shape index (κ1) is 20.2. The molecule has 1 aliphatic rings. The van der Waals surface area contributed by atoms with Crippen molar-refractivity contribution in [1.82, 2.24) is 10.6 Å². The maximum absolute atomic E-state index is 6.00. The fraction of sp³-hybridized carbons (Fsp3) is 0.435. The van der Waals surface area contributed by atoms with Crippen LogP contribution < -0.4 is 15.4 Å². The normalized spacial score (nSPS) is 14.0. The van der Waals surface area contributed by atoms with Crippen LogP contribution in [0.3, 0.4) is 0 Å². The Labute approximate surface area is 168 Å². The van der Waals surface area contributed by atoms with E-state index in [0.29, 0.717) is 19.7 Å². The van der Waals surface area contributed by atoms with E-state index < -0.39 is 0 Å². The lowest BCUT2D eigenvalue weighted by molar-refractivity contribution is 0.184. The van der Waals surface area contributed by atoms with Crippen LogP contribution >= 0.6 is 0 Å². The second kappa shape index (κ2) is 10.7. The number of nitrogens with zero attached hydrogens (tertiary/aromatic N) is 1. The Kier molecular flexibility index (Phi) is 7.73. The molecular weight excluding hydrogens is 350 g/mol. The molecule has 3 rings (SSSR count). The van der Waals surface area contributed by atoms with E-state index in [0.717, 1.165) is 36.3 Å². The average Bonchev–Trinajstić information content (AvgIpc) is 3.55. The van der Waals surface area contributed by atoms with Gasteiger partial charge in [-0.15, -0.1) is 0 Å². The van der Waals surface area contributed by atoms with Gasteiger partial charge in [-0.1, -0.05) is 42.5 Å². The highest BCUT2D eigenvalue weighted by molar-refractivity contribution is 5.79. The summed E-state index contributed by atoms with van der Waals surface area (Å²) in [4.78, 5) is 4.76. The van der Waals surface area contributed by atoms with E-state index >= 15 is 0 Å². The third kappa shape index (κ3) is 6.27. The van der Waals surface area contributed by atoms with Crippen LogP contribution in [0.1, 0.15) is 36.5 Å². The second-order valence-corrected chi connectivity index (χ2v) is 7.11. The molecule has 2 aromatic carbocycles. The number of para-hydroxylation sites is 1. The van der Waals surface area contributed by atoms with Crippen molar-refractivity contribution in [2.75, 3.05) is 20.3 Å². The van der Waals surface area contributed by atoms with Crippen molar-refractivity contribution in [2.24, 2.45) is 10.9 Å². The third-order valence-corrected chi connectivity index (χ3v) is 4.76. The zero-order chi connectivity index (χ0) is 19.6. The zero-order valence-electron chi connectivity index (χ0n) is 16.9. The quantitative estimate of drug-likeness (QED) is 0.484. The van der Waals surface area contributed by atoms with E-state index in [4.69, 9.17) is 14.5 Å². The van der Waals surface area contributed by atoms with Crippen LogP contribution in [-0.2, 0) is 24.4 Å². The molecule has 0 spiro atoms. The van der Waals surface area contributed by atoms with Gasteiger partial charge in [0.25, 0.3) is 0 Å². The minimum absolute atomic E-state index is 0.579. The molecule has 1 saturated carbocycles. The Hall–Kier alpha value is -2.53. The molecule has 0 aromatic heterocycles. The summed E-state index contributed by atoms with van der Waals surface area (Å²) in [6, 6.07) is 16.5. The highest BCUT2D eigenvalue weighted by atomic mass is 16.5. The molecule has 0 bridgehead atoms. The van der Waals surface area contributed by atoms with Crippen LogP contribution in [0.2, 0.25) is 0 Å². The molecule has 0 aliphatic heterocycles. The lowest BCUT2D eigenvalue weighted by Crippen LogP contribution is -2.37. The highest BCUT2D eigenvalue weighted by Crippen LogP contribution is 2.30. The van der Waals surface area contributed by atoms with Crippen LogP contribution in [0.15, 0.2) is 53.5 Å². The van der Waals surface area contributed by atoms with Gasteiger partial charge in [0.15, 0.2) is 5.96 Å². The van der Waals surface area contributed by atoms with Gasteiger partial charge in [0.1, 0.15) is 5.75 Å². The van der Waals surface area contributed by atoms with Gasteiger partial charge in [-0.2, -0.15) is 0 Å². The van der Waals surface area contributed by atoms with Crippen molar-refractivity contribution in [3.05, 3.63) is 65.2 Å². The smallest absolute Gasteiger partial charge is 0.191 e. The Morgan fingerprint density at radius 2 is 1.71 bits per heavy atom. The topological polar surface area (TPSA) is 54.9 Å². The van der Waals surface area contributed by atoms with Crippen molar-refractivity contribution in [3.8, 4) is 5.75 Å². The van der Waals surface area contributed by atoms with E-state index in [2.05, 4.69) is 35.8 Å². The van der Waals surface area contributed by atoms with Gasteiger partial charge in [0.05, 0.1) is 19.8 Å². The maximum atomic E-state index is 6.00. The van der Waals surface area contributed by atoms with Crippen molar-refractivity contribution in [2.45, 2.75) is 39.5 Å². The molecule has 0 radical (unpaired) electrons. The molecule has 0 heterocycles. The summed E-state index contributed by atoms with van der Waals surface area (Å²) >= 11 is 0. The summed E-state index contributed by atoms with van der Waals surface area (Å²) in [5.41, 5.74) is 3.51. The van der Waals surface area contributed by atoms with Gasteiger partial charge in [-0.3, -0.25) is 0 Å². The Bertz CT molecular complexity index is 772. The lowest BCUT2D eigenvalue weighted by Gasteiger charge is -2.14. The largest absolute Gasteiger partial charge is 0.493 e. The monoisotopic (exact) mass is 381 g/mol. The van der Waals surface area contributed by atoms with E-state index in [1.807, 2.05) is 30.3 Å². The van der Waals surface area contributed by atoms with E-state index in [-0.39, 0.29) is 0 Å². The molecule has 0 amide bonds. The van der Waals surface area contributed by atoms with Crippen LogP contribution in [0.25, 0.3) is 0 Å². The molecule has 150 valence electrons. The molecule has 0 unspecified atom stereocenters. The highest BCUT2D eigenvalue weighted by Gasteiger charge is 2.22. The number of hydrogen-bond donors (Lipinski definition) is 2. The molecule has 2 aromatic rings. The minimum atomic E-state index is 0.579.